The molecule has 1 aromatic heterocycles. The molecule has 0 saturated heterocycles. The Labute approximate surface area is 158 Å². The first-order chi connectivity index (χ1) is 13.0. The zero-order valence-corrected chi connectivity index (χ0v) is 15.5. The number of benzene rings is 2. The Balaban J connectivity index is 1.49. The lowest BCUT2D eigenvalue weighted by Gasteiger charge is -2.07. The number of ketones is 1. The van der Waals surface area contributed by atoms with E-state index in [1.54, 1.807) is 10.9 Å². The van der Waals surface area contributed by atoms with E-state index in [2.05, 4.69) is 5.10 Å². The van der Waals surface area contributed by atoms with Crippen LogP contribution in [-0.4, -0.2) is 28.1 Å². The smallest absolute Gasteiger partial charge is 0.306 e. The second-order valence-corrected chi connectivity index (χ2v) is 6.53. The van der Waals surface area contributed by atoms with Gasteiger partial charge in [0.15, 0.2) is 6.61 Å². The number of aryl methyl sites for hydroxylation is 3. The lowest BCUT2D eigenvalue weighted by atomic mass is 10.0. The molecule has 0 atom stereocenters. The minimum absolute atomic E-state index is 0.179. The Kier molecular flexibility index (Phi) is 5.81. The van der Waals surface area contributed by atoms with Crippen LogP contribution in [0.25, 0.3) is 5.69 Å². The van der Waals surface area contributed by atoms with Gasteiger partial charge in [0, 0.05) is 18.2 Å². The summed E-state index contributed by atoms with van der Waals surface area (Å²) in [6.45, 7) is 3.57. The molecule has 1 heterocycles. The Morgan fingerprint density at radius 1 is 1.07 bits per heavy atom. The highest BCUT2D eigenvalue weighted by atomic mass is 16.5. The number of esters is 1. The van der Waals surface area contributed by atoms with Crippen LogP contribution in [0.15, 0.2) is 60.9 Å². The first kappa shape index (κ1) is 18.6. The van der Waals surface area contributed by atoms with E-state index in [1.165, 1.54) is 0 Å². The van der Waals surface area contributed by atoms with Gasteiger partial charge in [0.2, 0.25) is 5.78 Å². The highest BCUT2D eigenvalue weighted by Crippen LogP contribution is 2.12. The van der Waals surface area contributed by atoms with E-state index in [9.17, 15) is 9.59 Å². The number of ether oxygens (including phenoxy) is 1. The average Bonchev–Trinajstić information content (AvgIpc) is 3.16. The lowest BCUT2D eigenvalue weighted by Crippen LogP contribution is -2.15. The van der Waals surface area contributed by atoms with Crippen molar-refractivity contribution in [3.63, 3.8) is 0 Å². The average molecular weight is 362 g/mol. The summed E-state index contributed by atoms with van der Waals surface area (Å²) in [5, 5.41) is 4.31. The number of hydrogen-bond donors (Lipinski definition) is 0. The third-order valence-electron chi connectivity index (χ3n) is 4.33. The summed E-state index contributed by atoms with van der Waals surface area (Å²) in [6, 6.07) is 15.4. The van der Waals surface area contributed by atoms with Crippen molar-refractivity contribution in [2.24, 2.45) is 0 Å². The van der Waals surface area contributed by atoms with E-state index in [1.807, 2.05) is 68.6 Å². The Morgan fingerprint density at radius 3 is 2.63 bits per heavy atom. The van der Waals surface area contributed by atoms with E-state index in [0.717, 1.165) is 22.4 Å². The molecule has 138 valence electrons. The maximum Gasteiger partial charge on any atom is 0.306 e. The van der Waals surface area contributed by atoms with Crippen LogP contribution in [0, 0.1) is 13.8 Å². The number of nitrogens with zero attached hydrogens (tertiary/aromatic N) is 2. The van der Waals surface area contributed by atoms with Crippen molar-refractivity contribution in [2.75, 3.05) is 6.61 Å². The van der Waals surface area contributed by atoms with Crippen molar-refractivity contribution in [1.82, 2.24) is 9.78 Å². The summed E-state index contributed by atoms with van der Waals surface area (Å²) in [5.74, 6) is -0.567. The first-order valence-electron chi connectivity index (χ1n) is 8.88. The molecule has 0 bridgehead atoms. The first-order valence-corrected chi connectivity index (χ1v) is 8.88. The Hall–Kier alpha value is -3.21. The third kappa shape index (κ3) is 4.91. The van der Waals surface area contributed by atoms with Crippen molar-refractivity contribution >= 4 is 11.8 Å². The van der Waals surface area contributed by atoms with Crippen LogP contribution in [0.5, 0.6) is 0 Å². The molecule has 0 spiro atoms. The molecule has 5 nitrogen and oxygen atoms in total. The number of Topliss-reactive ketones (excluding diaryl/α,β-unsaturated/α-hetero) is 1. The SMILES string of the molecule is Cc1ccc(C)c(C(=O)COC(=O)CCc2cnn(-c3ccccc3)c2)c1. The van der Waals surface area contributed by atoms with E-state index >= 15 is 0 Å². The van der Waals surface area contributed by atoms with Crippen molar-refractivity contribution in [2.45, 2.75) is 26.7 Å². The van der Waals surface area contributed by atoms with Gasteiger partial charge in [0.25, 0.3) is 0 Å². The van der Waals surface area contributed by atoms with Crippen molar-refractivity contribution in [3.05, 3.63) is 83.2 Å². The third-order valence-corrected chi connectivity index (χ3v) is 4.33. The number of para-hydroxylation sites is 1. The van der Waals surface area contributed by atoms with Gasteiger partial charge in [-0.2, -0.15) is 5.10 Å². The number of rotatable bonds is 7. The van der Waals surface area contributed by atoms with Crippen LogP contribution in [0.1, 0.15) is 33.5 Å². The van der Waals surface area contributed by atoms with E-state index in [4.69, 9.17) is 4.74 Å². The minimum atomic E-state index is -0.388. The summed E-state index contributed by atoms with van der Waals surface area (Å²) >= 11 is 0. The maximum atomic E-state index is 12.3. The number of hydrogen-bond acceptors (Lipinski definition) is 4. The topological polar surface area (TPSA) is 61.2 Å². The summed E-state index contributed by atoms with van der Waals surface area (Å²) in [5.41, 5.74) is 4.40. The van der Waals surface area contributed by atoms with Crippen molar-refractivity contribution in [3.8, 4) is 5.69 Å². The van der Waals surface area contributed by atoms with Crippen molar-refractivity contribution in [1.29, 1.82) is 0 Å². The quantitative estimate of drug-likeness (QED) is 0.473. The zero-order chi connectivity index (χ0) is 19.2. The standard InChI is InChI=1S/C22H22N2O3/c1-16-8-9-17(2)20(12-16)21(25)15-27-22(26)11-10-18-13-23-24(14-18)19-6-4-3-5-7-19/h3-9,12-14H,10-11,15H2,1-2H3. The molecule has 27 heavy (non-hydrogen) atoms. The zero-order valence-electron chi connectivity index (χ0n) is 15.5. The number of carbonyl (C=O) groups excluding carboxylic acids is 2. The molecule has 0 fully saturated rings. The molecular formula is C22H22N2O3. The minimum Gasteiger partial charge on any atom is -0.457 e. The summed E-state index contributed by atoms with van der Waals surface area (Å²) in [4.78, 5) is 24.2. The van der Waals surface area contributed by atoms with Crippen LogP contribution in [0.4, 0.5) is 0 Å². The van der Waals surface area contributed by atoms with Gasteiger partial charge in [-0.1, -0.05) is 35.9 Å². The molecular weight excluding hydrogens is 340 g/mol. The molecule has 0 aliphatic rings. The predicted octanol–water partition coefficient (Wildman–Crippen LogP) is 3.85. The van der Waals surface area contributed by atoms with Crippen LogP contribution in [0.2, 0.25) is 0 Å². The van der Waals surface area contributed by atoms with E-state index in [0.29, 0.717) is 12.0 Å². The van der Waals surface area contributed by atoms with Gasteiger partial charge in [0.05, 0.1) is 11.9 Å². The molecule has 0 aliphatic heterocycles. The van der Waals surface area contributed by atoms with E-state index < -0.39 is 0 Å². The van der Waals surface area contributed by atoms with Crippen LogP contribution in [0.3, 0.4) is 0 Å². The number of carbonyl (C=O) groups is 2. The largest absolute Gasteiger partial charge is 0.457 e. The fourth-order valence-electron chi connectivity index (χ4n) is 2.79. The Bertz CT molecular complexity index is 945. The van der Waals surface area contributed by atoms with E-state index in [-0.39, 0.29) is 24.8 Å². The molecule has 0 amide bonds. The van der Waals surface area contributed by atoms with Gasteiger partial charge in [0.1, 0.15) is 0 Å². The molecule has 3 rings (SSSR count). The molecule has 0 N–H and O–H groups in total. The van der Waals surface area contributed by atoms with Crippen LogP contribution >= 0.6 is 0 Å². The maximum absolute atomic E-state index is 12.3. The lowest BCUT2D eigenvalue weighted by molar-refractivity contribution is -0.142. The summed E-state index contributed by atoms with van der Waals surface area (Å²) in [6.07, 6.45) is 4.36. The van der Waals surface area contributed by atoms with Gasteiger partial charge in [-0.05, 0) is 49.6 Å². The van der Waals surface area contributed by atoms with Crippen molar-refractivity contribution < 1.29 is 14.3 Å². The summed E-state index contributed by atoms with van der Waals surface area (Å²) < 4.78 is 6.92. The predicted molar refractivity (Wildman–Crippen MR) is 103 cm³/mol. The van der Waals surface area contributed by atoms with Gasteiger partial charge < -0.3 is 4.74 Å². The normalized spacial score (nSPS) is 10.6. The van der Waals surface area contributed by atoms with Crippen LogP contribution < -0.4 is 0 Å². The molecule has 0 saturated carbocycles. The number of aromatic nitrogens is 2. The fraction of sp³-hybridized carbons (Fsp3) is 0.227. The second-order valence-electron chi connectivity index (χ2n) is 6.53. The Morgan fingerprint density at radius 2 is 1.85 bits per heavy atom. The molecule has 3 aromatic rings. The monoisotopic (exact) mass is 362 g/mol. The highest BCUT2D eigenvalue weighted by Gasteiger charge is 2.13. The molecule has 0 unspecified atom stereocenters. The molecule has 2 aromatic carbocycles. The van der Waals surface area contributed by atoms with Gasteiger partial charge >= 0.3 is 5.97 Å². The molecule has 0 radical (unpaired) electrons. The van der Waals surface area contributed by atoms with Gasteiger partial charge in [-0.3, -0.25) is 9.59 Å². The van der Waals surface area contributed by atoms with Crippen LogP contribution in [-0.2, 0) is 16.0 Å². The second kappa shape index (κ2) is 8.45. The molecule has 0 aliphatic carbocycles. The highest BCUT2D eigenvalue weighted by molar-refractivity contribution is 5.99. The van der Waals surface area contributed by atoms with Gasteiger partial charge in [-0.25, -0.2) is 4.68 Å². The summed E-state index contributed by atoms with van der Waals surface area (Å²) in [7, 11) is 0. The fourth-order valence-corrected chi connectivity index (χ4v) is 2.79. The van der Waals surface area contributed by atoms with Gasteiger partial charge in [-0.15, -0.1) is 0 Å². The molecule has 5 heteroatoms.